The molecule has 1 rings (SSSR count). The minimum atomic E-state index is -4.42. The molecule has 0 bridgehead atoms. The first-order valence-corrected chi connectivity index (χ1v) is 10.2. The van der Waals surface area contributed by atoms with E-state index in [0.29, 0.717) is 30.5 Å². The van der Waals surface area contributed by atoms with Crippen molar-refractivity contribution in [3.63, 3.8) is 0 Å². The number of hydrogen-bond donors (Lipinski definition) is 3. The normalized spacial score (nSPS) is 13.5. The molecule has 1 atom stereocenters. The standard InChI is InChI=1S/C18H30F3N5O2S.HI/c1-11(2)12(25-16(27)28-17(3,4)5)9-24-15(22-6)23-8-7-14-26-13(10-29-14)18(19,20)21;/h10-12H,7-9H2,1-6H3,(H,25,27)(H2,22,23,24);1H. The monoisotopic (exact) mass is 565 g/mol. The molecule has 0 aliphatic heterocycles. The van der Waals surface area contributed by atoms with E-state index in [1.54, 1.807) is 27.8 Å². The first kappa shape index (κ1) is 28.7. The van der Waals surface area contributed by atoms with Gasteiger partial charge < -0.3 is 20.7 Å². The van der Waals surface area contributed by atoms with Gasteiger partial charge in [0.15, 0.2) is 11.7 Å². The molecular weight excluding hydrogens is 534 g/mol. The minimum Gasteiger partial charge on any atom is -0.444 e. The van der Waals surface area contributed by atoms with E-state index in [4.69, 9.17) is 4.74 Å². The number of nitrogens with one attached hydrogen (secondary N) is 3. The molecule has 0 aromatic carbocycles. The van der Waals surface area contributed by atoms with Crippen LogP contribution in [0.5, 0.6) is 0 Å². The fourth-order valence-electron chi connectivity index (χ4n) is 2.18. The van der Waals surface area contributed by atoms with Gasteiger partial charge in [-0.2, -0.15) is 13.2 Å². The number of halogens is 4. The lowest BCUT2D eigenvalue weighted by molar-refractivity contribution is -0.140. The third-order valence-electron chi connectivity index (χ3n) is 3.69. The Kier molecular flexibility index (Phi) is 12.0. The average Bonchev–Trinajstić information content (AvgIpc) is 3.04. The molecule has 0 aliphatic carbocycles. The van der Waals surface area contributed by atoms with Gasteiger partial charge in [0.05, 0.1) is 11.0 Å². The number of hydrogen-bond acceptors (Lipinski definition) is 5. The van der Waals surface area contributed by atoms with Gasteiger partial charge in [-0.1, -0.05) is 13.8 Å². The average molecular weight is 565 g/mol. The highest BCUT2D eigenvalue weighted by molar-refractivity contribution is 14.0. The Morgan fingerprint density at radius 2 is 1.90 bits per heavy atom. The van der Waals surface area contributed by atoms with E-state index in [0.717, 1.165) is 16.7 Å². The highest BCUT2D eigenvalue weighted by atomic mass is 127. The second kappa shape index (κ2) is 12.5. The van der Waals surface area contributed by atoms with Crippen LogP contribution in [0.25, 0.3) is 0 Å². The van der Waals surface area contributed by atoms with Gasteiger partial charge in [0.25, 0.3) is 0 Å². The first-order chi connectivity index (χ1) is 13.3. The Balaban J connectivity index is 0.00000841. The van der Waals surface area contributed by atoms with Crippen molar-refractivity contribution in [2.45, 2.75) is 58.9 Å². The van der Waals surface area contributed by atoms with E-state index in [2.05, 4.69) is 25.9 Å². The van der Waals surface area contributed by atoms with Gasteiger partial charge in [-0.3, -0.25) is 4.99 Å². The van der Waals surface area contributed by atoms with Crippen LogP contribution >= 0.6 is 35.3 Å². The smallest absolute Gasteiger partial charge is 0.434 e. The summed E-state index contributed by atoms with van der Waals surface area (Å²) in [6, 6.07) is -0.197. The molecule has 174 valence electrons. The van der Waals surface area contributed by atoms with Gasteiger partial charge in [0.2, 0.25) is 0 Å². The van der Waals surface area contributed by atoms with E-state index in [-0.39, 0.29) is 35.9 Å². The molecule has 0 aliphatic rings. The molecule has 1 aromatic rings. The van der Waals surface area contributed by atoms with Crippen LogP contribution in [0.15, 0.2) is 10.4 Å². The van der Waals surface area contributed by atoms with E-state index >= 15 is 0 Å². The number of rotatable bonds is 7. The van der Waals surface area contributed by atoms with E-state index in [1.165, 1.54) is 0 Å². The van der Waals surface area contributed by atoms with Crippen LogP contribution in [0.3, 0.4) is 0 Å². The quantitative estimate of drug-likeness (QED) is 0.264. The minimum absolute atomic E-state index is 0. The highest BCUT2D eigenvalue weighted by Gasteiger charge is 2.33. The van der Waals surface area contributed by atoms with Crippen molar-refractivity contribution in [2.24, 2.45) is 10.9 Å². The van der Waals surface area contributed by atoms with Crippen LogP contribution < -0.4 is 16.0 Å². The number of ether oxygens (including phenoxy) is 1. The number of guanidine groups is 1. The molecule has 0 spiro atoms. The number of amides is 1. The van der Waals surface area contributed by atoms with Crippen molar-refractivity contribution in [1.29, 1.82) is 0 Å². The topological polar surface area (TPSA) is 87.6 Å². The second-order valence-corrected chi connectivity index (χ2v) is 8.69. The van der Waals surface area contributed by atoms with Crippen LogP contribution in [-0.2, 0) is 17.3 Å². The van der Waals surface area contributed by atoms with Crippen molar-refractivity contribution in [3.8, 4) is 0 Å². The third-order valence-corrected chi connectivity index (χ3v) is 4.60. The fourth-order valence-corrected chi connectivity index (χ4v) is 2.99. The molecule has 1 unspecified atom stereocenters. The van der Waals surface area contributed by atoms with Crippen molar-refractivity contribution in [1.82, 2.24) is 20.9 Å². The van der Waals surface area contributed by atoms with Gasteiger partial charge in [-0.25, -0.2) is 9.78 Å². The number of aliphatic imine (C=N–C) groups is 1. The molecule has 12 heteroatoms. The maximum Gasteiger partial charge on any atom is 0.434 e. The van der Waals surface area contributed by atoms with Gasteiger partial charge in [-0.05, 0) is 26.7 Å². The summed E-state index contributed by atoms with van der Waals surface area (Å²) in [6.07, 6.45) is -4.58. The highest BCUT2D eigenvalue weighted by Crippen LogP contribution is 2.29. The molecule has 0 radical (unpaired) electrons. The zero-order valence-electron chi connectivity index (χ0n) is 18.0. The predicted molar refractivity (Wildman–Crippen MR) is 124 cm³/mol. The van der Waals surface area contributed by atoms with Crippen LogP contribution in [-0.4, -0.2) is 48.8 Å². The summed E-state index contributed by atoms with van der Waals surface area (Å²) in [4.78, 5) is 19.7. The van der Waals surface area contributed by atoms with Gasteiger partial charge >= 0.3 is 12.3 Å². The molecule has 1 heterocycles. The Morgan fingerprint density at radius 1 is 1.27 bits per heavy atom. The first-order valence-electron chi connectivity index (χ1n) is 9.27. The summed E-state index contributed by atoms with van der Waals surface area (Å²) in [7, 11) is 1.59. The van der Waals surface area contributed by atoms with Gasteiger partial charge in [0.1, 0.15) is 5.60 Å². The van der Waals surface area contributed by atoms with Gasteiger partial charge in [0, 0.05) is 31.9 Å². The number of carbonyl (C=O) groups excluding carboxylic acids is 1. The summed E-state index contributed by atoms with van der Waals surface area (Å²) in [6.45, 7) is 10.1. The second-order valence-electron chi connectivity index (χ2n) is 7.75. The zero-order valence-corrected chi connectivity index (χ0v) is 21.2. The summed E-state index contributed by atoms with van der Waals surface area (Å²) < 4.78 is 43.0. The lowest BCUT2D eigenvalue weighted by Crippen LogP contribution is -2.50. The number of nitrogens with zero attached hydrogens (tertiary/aromatic N) is 2. The largest absolute Gasteiger partial charge is 0.444 e. The maximum atomic E-state index is 12.6. The van der Waals surface area contributed by atoms with Crippen LogP contribution in [0.4, 0.5) is 18.0 Å². The van der Waals surface area contributed by atoms with Crippen LogP contribution in [0, 0.1) is 5.92 Å². The zero-order chi connectivity index (χ0) is 22.2. The van der Waals surface area contributed by atoms with Crippen LogP contribution in [0.1, 0.15) is 45.3 Å². The number of alkyl carbamates (subject to hydrolysis) is 1. The van der Waals surface area contributed by atoms with Crippen molar-refractivity contribution >= 4 is 47.4 Å². The number of carbonyl (C=O) groups is 1. The Morgan fingerprint density at radius 3 is 2.37 bits per heavy atom. The Hall–Kier alpha value is -1.31. The van der Waals surface area contributed by atoms with Crippen molar-refractivity contribution in [3.05, 3.63) is 16.1 Å². The Bertz CT molecular complexity index is 690. The summed E-state index contributed by atoms with van der Waals surface area (Å²) in [5.74, 6) is 0.624. The van der Waals surface area contributed by atoms with Gasteiger partial charge in [-0.15, -0.1) is 35.3 Å². The molecule has 1 aromatic heterocycles. The van der Waals surface area contributed by atoms with E-state index in [1.807, 2.05) is 13.8 Å². The maximum absolute atomic E-state index is 12.6. The number of thiazole rings is 1. The fraction of sp³-hybridized carbons (Fsp3) is 0.722. The van der Waals surface area contributed by atoms with Crippen LogP contribution in [0.2, 0.25) is 0 Å². The predicted octanol–water partition coefficient (Wildman–Crippen LogP) is 4.04. The summed E-state index contributed by atoms with van der Waals surface area (Å²) in [5, 5.41) is 10.4. The molecule has 0 saturated heterocycles. The lowest BCUT2D eigenvalue weighted by Gasteiger charge is -2.26. The number of alkyl halides is 3. The molecular formula is C18H31F3IN5O2S. The van der Waals surface area contributed by atoms with Crippen molar-refractivity contribution < 1.29 is 22.7 Å². The summed E-state index contributed by atoms with van der Waals surface area (Å²) in [5.41, 5.74) is -1.45. The molecule has 3 N–H and O–H groups in total. The molecule has 1 amide bonds. The van der Waals surface area contributed by atoms with Crippen molar-refractivity contribution in [2.75, 3.05) is 20.1 Å². The number of aromatic nitrogens is 1. The molecule has 7 nitrogen and oxygen atoms in total. The molecule has 30 heavy (non-hydrogen) atoms. The Labute approximate surface area is 196 Å². The molecule has 0 saturated carbocycles. The molecule has 0 fully saturated rings. The van der Waals surface area contributed by atoms with E-state index < -0.39 is 23.6 Å². The third kappa shape index (κ3) is 11.2. The van der Waals surface area contributed by atoms with E-state index in [9.17, 15) is 18.0 Å². The lowest BCUT2D eigenvalue weighted by atomic mass is 10.0. The summed E-state index contributed by atoms with van der Waals surface area (Å²) >= 11 is 0.976. The SMILES string of the molecule is CN=C(NCCc1nc(C(F)(F)F)cs1)NCC(NC(=O)OC(C)(C)C)C(C)C.I.